The first-order valence-corrected chi connectivity index (χ1v) is 28.3. The van der Waals surface area contributed by atoms with Gasteiger partial charge in [-0.25, -0.2) is 0 Å². The molecule has 390 valence electrons. The van der Waals surface area contributed by atoms with Crippen LogP contribution in [0.4, 0.5) is 0 Å². The third-order valence-corrected chi connectivity index (χ3v) is 12.8. The van der Waals surface area contributed by atoms with Crippen LogP contribution in [0.15, 0.2) is 12.2 Å². The van der Waals surface area contributed by atoms with Gasteiger partial charge in [-0.1, -0.05) is 238 Å². The molecule has 0 aromatic rings. The zero-order valence-corrected chi connectivity index (χ0v) is 44.3. The van der Waals surface area contributed by atoms with Gasteiger partial charge in [-0.3, -0.25) is 9.59 Å². The van der Waals surface area contributed by atoms with Crippen molar-refractivity contribution >= 4 is 17.9 Å². The van der Waals surface area contributed by atoms with Gasteiger partial charge in [-0.2, -0.15) is 0 Å². The quantitative estimate of drug-likeness (QED) is 0.0195. The Morgan fingerprint density at radius 2 is 0.773 bits per heavy atom. The Balaban J connectivity index is 4.15. The molecular weight excluding hydrogens is 827 g/mol. The van der Waals surface area contributed by atoms with E-state index in [9.17, 15) is 19.5 Å². The van der Waals surface area contributed by atoms with Crippen LogP contribution in [-0.2, 0) is 33.3 Å². The second-order valence-electron chi connectivity index (χ2n) is 20.6. The lowest BCUT2D eigenvalue weighted by molar-refractivity contribution is -0.870. The highest BCUT2D eigenvalue weighted by atomic mass is 16.7. The summed E-state index contributed by atoms with van der Waals surface area (Å²) in [4.78, 5) is 37.2. The van der Waals surface area contributed by atoms with Gasteiger partial charge in [0.25, 0.3) is 0 Å². The second-order valence-corrected chi connectivity index (χ2v) is 20.6. The van der Waals surface area contributed by atoms with Crippen molar-refractivity contribution in [1.29, 1.82) is 0 Å². The van der Waals surface area contributed by atoms with Crippen molar-refractivity contribution in [2.75, 3.05) is 47.5 Å². The van der Waals surface area contributed by atoms with E-state index in [-0.39, 0.29) is 32.2 Å². The van der Waals surface area contributed by atoms with Gasteiger partial charge in [-0.15, -0.1) is 0 Å². The van der Waals surface area contributed by atoms with Gasteiger partial charge < -0.3 is 33.3 Å². The molecule has 0 aromatic heterocycles. The molecule has 9 nitrogen and oxygen atoms in total. The molecule has 0 aliphatic heterocycles. The minimum absolute atomic E-state index is 0.152. The fourth-order valence-corrected chi connectivity index (χ4v) is 8.36. The number of ether oxygens (including phenoxy) is 4. The molecule has 2 atom stereocenters. The molecule has 0 fully saturated rings. The van der Waals surface area contributed by atoms with Crippen LogP contribution < -0.4 is 5.11 Å². The monoisotopic (exact) mass is 936 g/mol. The number of likely N-dealkylation sites (N-methyl/N-ethyl adjacent to an activating group) is 1. The zero-order valence-electron chi connectivity index (χ0n) is 44.3. The van der Waals surface area contributed by atoms with Crippen molar-refractivity contribution in [2.45, 2.75) is 289 Å². The molecule has 0 bridgehead atoms. The van der Waals surface area contributed by atoms with Crippen LogP contribution >= 0.6 is 0 Å². The normalized spacial score (nSPS) is 12.8. The molecule has 9 heteroatoms. The van der Waals surface area contributed by atoms with Crippen molar-refractivity contribution in [3.63, 3.8) is 0 Å². The predicted molar refractivity (Wildman–Crippen MR) is 274 cm³/mol. The summed E-state index contributed by atoms with van der Waals surface area (Å²) < 4.78 is 22.7. The molecule has 0 saturated carbocycles. The SMILES string of the molecule is CCCCCCCCCC/C=C\CCCCCCCCCCCCCCCCCC(=O)OC(COC(=O)CCCCCCCCCCCCCCCC)COC(OCC[N+](C)(C)C)C(=O)[O-]. The molecule has 0 heterocycles. The maximum absolute atomic E-state index is 12.8. The molecule has 0 spiro atoms. The Bertz CT molecular complexity index is 1090. The topological polar surface area (TPSA) is 111 Å². The Labute approximate surface area is 408 Å². The summed E-state index contributed by atoms with van der Waals surface area (Å²) in [5, 5.41) is 11.7. The van der Waals surface area contributed by atoms with E-state index < -0.39 is 24.3 Å². The number of hydrogen-bond donors (Lipinski definition) is 0. The number of aliphatic carboxylic acids is 1. The van der Waals surface area contributed by atoms with Gasteiger partial charge in [0.15, 0.2) is 12.4 Å². The van der Waals surface area contributed by atoms with Crippen molar-refractivity contribution < 1.29 is 42.9 Å². The number of carboxylic acids is 1. The van der Waals surface area contributed by atoms with E-state index in [1.165, 1.54) is 212 Å². The number of esters is 2. The van der Waals surface area contributed by atoms with Crippen LogP contribution in [0.25, 0.3) is 0 Å². The van der Waals surface area contributed by atoms with E-state index in [1.807, 2.05) is 21.1 Å². The molecule has 0 amide bonds. The first-order chi connectivity index (χ1) is 32.1. The maximum atomic E-state index is 12.8. The smallest absolute Gasteiger partial charge is 0.306 e. The average Bonchev–Trinajstić information content (AvgIpc) is 3.28. The summed E-state index contributed by atoms with van der Waals surface area (Å²) in [6, 6.07) is 0. The molecule has 0 saturated heterocycles. The highest BCUT2D eigenvalue weighted by Gasteiger charge is 2.22. The number of carbonyl (C=O) groups excluding carboxylic acids is 3. The number of hydrogen-bond acceptors (Lipinski definition) is 8. The predicted octanol–water partition coefficient (Wildman–Crippen LogP) is 14.8. The minimum Gasteiger partial charge on any atom is -0.545 e. The lowest BCUT2D eigenvalue weighted by Crippen LogP contribution is -2.44. The van der Waals surface area contributed by atoms with E-state index in [2.05, 4.69) is 26.0 Å². The number of rotatable bonds is 53. The molecule has 0 aromatic carbocycles. The van der Waals surface area contributed by atoms with Gasteiger partial charge in [0.2, 0.25) is 0 Å². The lowest BCUT2D eigenvalue weighted by atomic mass is 10.0. The maximum Gasteiger partial charge on any atom is 0.306 e. The van der Waals surface area contributed by atoms with Crippen LogP contribution in [0.5, 0.6) is 0 Å². The summed E-state index contributed by atoms with van der Waals surface area (Å²) >= 11 is 0. The number of allylic oxidation sites excluding steroid dienone is 2. The largest absolute Gasteiger partial charge is 0.545 e. The molecule has 2 unspecified atom stereocenters. The Kier molecular flexibility index (Phi) is 48.0. The van der Waals surface area contributed by atoms with Crippen LogP contribution in [-0.4, -0.2) is 82.3 Å². The van der Waals surface area contributed by atoms with Gasteiger partial charge in [0, 0.05) is 12.8 Å². The fourth-order valence-electron chi connectivity index (χ4n) is 8.36. The lowest BCUT2D eigenvalue weighted by Gasteiger charge is -2.26. The van der Waals surface area contributed by atoms with Crippen LogP contribution in [0, 0.1) is 0 Å². The summed E-state index contributed by atoms with van der Waals surface area (Å²) in [6.45, 7) is 4.79. The number of unbranched alkanes of at least 4 members (excludes halogenated alkanes) is 36. The number of carbonyl (C=O) groups is 3. The molecule has 0 rings (SSSR count). The first kappa shape index (κ1) is 64.0. The van der Waals surface area contributed by atoms with E-state index in [1.54, 1.807) is 0 Å². The fraction of sp³-hybridized carbons (Fsp3) is 0.912. The van der Waals surface area contributed by atoms with E-state index in [0.29, 0.717) is 17.4 Å². The zero-order chi connectivity index (χ0) is 48.4. The number of quaternary nitrogens is 1. The van der Waals surface area contributed by atoms with E-state index in [0.717, 1.165) is 38.5 Å². The van der Waals surface area contributed by atoms with Gasteiger partial charge in [0.05, 0.1) is 40.3 Å². The molecule has 0 aliphatic carbocycles. The number of nitrogens with zero attached hydrogens (tertiary/aromatic N) is 1. The second kappa shape index (κ2) is 49.5. The van der Waals surface area contributed by atoms with Crippen molar-refractivity contribution in [1.82, 2.24) is 0 Å². The molecule has 0 N–H and O–H groups in total. The molecular formula is C57H109NO8. The van der Waals surface area contributed by atoms with Crippen molar-refractivity contribution in [2.24, 2.45) is 0 Å². The molecule has 0 aliphatic rings. The van der Waals surface area contributed by atoms with Crippen LogP contribution in [0.1, 0.15) is 277 Å². The van der Waals surface area contributed by atoms with Gasteiger partial charge >= 0.3 is 11.9 Å². The third kappa shape index (κ3) is 49.9. The highest BCUT2D eigenvalue weighted by molar-refractivity contribution is 5.70. The van der Waals surface area contributed by atoms with Crippen molar-refractivity contribution in [3.8, 4) is 0 Å². The Morgan fingerprint density at radius 3 is 1.12 bits per heavy atom. The summed E-state index contributed by atoms with van der Waals surface area (Å²) in [6.07, 6.45) is 52.6. The standard InChI is InChI=1S/C57H109NO8/c1-6-8-10-12-14-16-18-20-22-23-24-25-26-27-28-29-30-31-32-33-34-36-38-40-42-44-46-48-55(60)66-53(52-65-57(56(61)62)63-50-49-58(3,4)5)51-64-54(59)47-45-43-41-39-37-35-21-19-17-15-13-11-9-7-2/h23-24,53,57H,6-22,25-52H2,1-5H3/b24-23-. The summed E-state index contributed by atoms with van der Waals surface area (Å²) in [5.41, 5.74) is 0. The van der Waals surface area contributed by atoms with E-state index >= 15 is 0 Å². The average molecular weight is 936 g/mol. The van der Waals surface area contributed by atoms with Crippen molar-refractivity contribution in [3.05, 3.63) is 12.2 Å². The Hall–Kier alpha value is -1.97. The Morgan fingerprint density at radius 1 is 0.439 bits per heavy atom. The molecule has 66 heavy (non-hydrogen) atoms. The van der Waals surface area contributed by atoms with Crippen LogP contribution in [0.2, 0.25) is 0 Å². The van der Waals surface area contributed by atoms with E-state index in [4.69, 9.17) is 18.9 Å². The summed E-state index contributed by atoms with van der Waals surface area (Å²) in [5.74, 6) is -2.26. The highest BCUT2D eigenvalue weighted by Crippen LogP contribution is 2.17. The van der Waals surface area contributed by atoms with Gasteiger partial charge in [0.1, 0.15) is 13.2 Å². The first-order valence-electron chi connectivity index (χ1n) is 28.3. The minimum atomic E-state index is -1.62. The summed E-state index contributed by atoms with van der Waals surface area (Å²) in [7, 11) is 5.93. The molecule has 0 radical (unpaired) electrons. The van der Waals surface area contributed by atoms with Crippen LogP contribution in [0.3, 0.4) is 0 Å². The third-order valence-electron chi connectivity index (χ3n) is 12.8. The van der Waals surface area contributed by atoms with Gasteiger partial charge in [-0.05, 0) is 38.5 Å². The number of carboxylic acid groups (broad SMARTS) is 1.